The lowest BCUT2D eigenvalue weighted by Gasteiger charge is -2.37. The van der Waals surface area contributed by atoms with Gasteiger partial charge in [-0.05, 0) is 6.42 Å². The molecule has 0 spiro atoms. The minimum Gasteiger partial charge on any atom is -0.352 e. The van der Waals surface area contributed by atoms with Gasteiger partial charge in [-0.2, -0.15) is 26.3 Å². The van der Waals surface area contributed by atoms with E-state index in [1.807, 2.05) is 5.32 Å². The third kappa shape index (κ3) is 2.81. The van der Waals surface area contributed by atoms with E-state index in [1.54, 1.807) is 6.92 Å². The molecule has 0 aromatic rings. The lowest BCUT2D eigenvalue weighted by molar-refractivity contribution is -0.343. The molecule has 1 heterocycles. The first-order chi connectivity index (χ1) is 8.56. The Morgan fingerprint density at radius 1 is 1.16 bits per heavy atom. The van der Waals surface area contributed by atoms with Gasteiger partial charge in [0.2, 0.25) is 5.91 Å². The summed E-state index contributed by atoms with van der Waals surface area (Å²) in [5, 5.41) is 1.84. The predicted octanol–water partition coefficient (Wildman–Crippen LogP) is 3.57. The maximum absolute atomic E-state index is 12.9. The molecular weight excluding hydrogens is 276 g/mol. The molecule has 1 atom stereocenters. The van der Waals surface area contributed by atoms with Crippen molar-refractivity contribution in [3.63, 3.8) is 0 Å². The maximum atomic E-state index is 12.9. The van der Waals surface area contributed by atoms with Crippen LogP contribution in [-0.2, 0) is 4.79 Å². The Balaban J connectivity index is 3.08. The molecule has 0 bridgehead atoms. The van der Waals surface area contributed by atoms with Crippen LogP contribution in [0.25, 0.3) is 0 Å². The number of hydrogen-bond acceptors (Lipinski definition) is 1. The van der Waals surface area contributed by atoms with Crippen molar-refractivity contribution in [2.75, 3.05) is 0 Å². The molecule has 1 amide bonds. The van der Waals surface area contributed by atoms with Crippen LogP contribution in [-0.4, -0.2) is 24.3 Å². The van der Waals surface area contributed by atoms with E-state index in [0.29, 0.717) is 12.8 Å². The second-order valence-electron chi connectivity index (χ2n) is 4.76. The number of amides is 1. The number of carbonyl (C=O) groups is 1. The van der Waals surface area contributed by atoms with E-state index in [4.69, 9.17) is 0 Å². The van der Waals surface area contributed by atoms with Crippen LogP contribution < -0.4 is 5.32 Å². The zero-order chi connectivity index (χ0) is 14.9. The van der Waals surface area contributed by atoms with Crippen LogP contribution in [0.3, 0.4) is 0 Å². The van der Waals surface area contributed by atoms with Gasteiger partial charge < -0.3 is 5.32 Å². The third-order valence-corrected chi connectivity index (χ3v) is 3.48. The Bertz CT molecular complexity index is 321. The SMILES string of the molecule is CCCCCC1NC(=O)CC1(C(F)(F)F)C(F)(F)F. The van der Waals surface area contributed by atoms with Crippen LogP contribution in [0.2, 0.25) is 0 Å². The van der Waals surface area contributed by atoms with Crippen molar-refractivity contribution >= 4 is 5.91 Å². The zero-order valence-electron chi connectivity index (χ0n) is 10.3. The first-order valence-corrected chi connectivity index (χ1v) is 5.99. The summed E-state index contributed by atoms with van der Waals surface area (Å²) in [4.78, 5) is 11.1. The van der Waals surface area contributed by atoms with Crippen LogP contribution in [0.15, 0.2) is 0 Å². The van der Waals surface area contributed by atoms with Gasteiger partial charge in [0.05, 0.1) is 12.5 Å². The topological polar surface area (TPSA) is 29.1 Å². The van der Waals surface area contributed by atoms with Gasteiger partial charge in [0, 0.05) is 0 Å². The van der Waals surface area contributed by atoms with E-state index in [1.165, 1.54) is 0 Å². The number of carbonyl (C=O) groups excluding carboxylic acids is 1. The Labute approximate surface area is 106 Å². The van der Waals surface area contributed by atoms with Gasteiger partial charge in [-0.15, -0.1) is 0 Å². The van der Waals surface area contributed by atoms with Crippen molar-refractivity contribution in [1.29, 1.82) is 0 Å². The third-order valence-electron chi connectivity index (χ3n) is 3.48. The zero-order valence-corrected chi connectivity index (χ0v) is 10.3. The number of nitrogens with one attached hydrogen (secondary N) is 1. The minimum atomic E-state index is -5.50. The summed E-state index contributed by atoms with van der Waals surface area (Å²) in [6, 6.07) is -1.92. The maximum Gasteiger partial charge on any atom is 0.405 e. The van der Waals surface area contributed by atoms with E-state index < -0.39 is 36.1 Å². The summed E-state index contributed by atoms with van der Waals surface area (Å²) < 4.78 is 77.6. The fourth-order valence-electron chi connectivity index (χ4n) is 2.42. The highest BCUT2D eigenvalue weighted by molar-refractivity contribution is 5.80. The average Bonchev–Trinajstić information content (AvgIpc) is 2.55. The Kier molecular flexibility index (Phi) is 4.41. The van der Waals surface area contributed by atoms with Gasteiger partial charge in [-0.3, -0.25) is 4.79 Å². The van der Waals surface area contributed by atoms with E-state index >= 15 is 0 Å². The van der Waals surface area contributed by atoms with Crippen LogP contribution in [0.5, 0.6) is 0 Å². The van der Waals surface area contributed by atoms with Gasteiger partial charge in [-0.1, -0.05) is 26.2 Å². The summed E-state index contributed by atoms with van der Waals surface area (Å²) in [6.07, 6.45) is -11.5. The largest absolute Gasteiger partial charge is 0.405 e. The van der Waals surface area contributed by atoms with Crippen LogP contribution in [0.4, 0.5) is 26.3 Å². The minimum absolute atomic E-state index is 0.218. The Morgan fingerprint density at radius 2 is 1.68 bits per heavy atom. The molecule has 1 saturated heterocycles. The molecule has 1 fully saturated rings. The molecule has 8 heteroatoms. The Morgan fingerprint density at radius 3 is 2.11 bits per heavy atom. The quantitative estimate of drug-likeness (QED) is 0.622. The Hall–Kier alpha value is -0.950. The van der Waals surface area contributed by atoms with E-state index in [9.17, 15) is 31.1 Å². The molecule has 0 aromatic heterocycles. The van der Waals surface area contributed by atoms with Gasteiger partial charge in [0.1, 0.15) is 0 Å². The number of alkyl halides is 6. The highest BCUT2D eigenvalue weighted by Gasteiger charge is 2.76. The normalized spacial score (nSPS) is 23.5. The molecule has 1 rings (SSSR count). The average molecular weight is 291 g/mol. The molecular formula is C11H15F6NO. The second-order valence-corrected chi connectivity index (χ2v) is 4.76. The molecule has 1 aliphatic heterocycles. The van der Waals surface area contributed by atoms with Gasteiger partial charge in [-0.25, -0.2) is 0 Å². The molecule has 1 aliphatic rings. The summed E-state index contributed by atoms with van der Waals surface area (Å²) in [7, 11) is 0. The van der Waals surface area contributed by atoms with E-state index in [2.05, 4.69) is 0 Å². The van der Waals surface area contributed by atoms with Crippen molar-refractivity contribution in [2.24, 2.45) is 5.41 Å². The van der Waals surface area contributed by atoms with Gasteiger partial charge in [0.25, 0.3) is 0 Å². The van der Waals surface area contributed by atoms with E-state index in [-0.39, 0.29) is 12.8 Å². The summed E-state index contributed by atoms with van der Waals surface area (Å²) in [6.45, 7) is 1.79. The molecule has 0 saturated carbocycles. The first kappa shape index (κ1) is 16.1. The van der Waals surface area contributed by atoms with Crippen LogP contribution in [0, 0.1) is 5.41 Å². The molecule has 0 aliphatic carbocycles. The fourth-order valence-corrected chi connectivity index (χ4v) is 2.42. The van der Waals surface area contributed by atoms with Crippen molar-refractivity contribution in [2.45, 2.75) is 57.4 Å². The number of rotatable bonds is 4. The van der Waals surface area contributed by atoms with Crippen LogP contribution in [0.1, 0.15) is 39.0 Å². The molecule has 1 unspecified atom stereocenters. The lowest BCUT2D eigenvalue weighted by atomic mass is 9.76. The number of unbranched alkanes of at least 4 members (excludes halogenated alkanes) is 2. The number of halogens is 6. The van der Waals surface area contributed by atoms with Crippen LogP contribution >= 0.6 is 0 Å². The predicted molar refractivity (Wildman–Crippen MR) is 55.2 cm³/mol. The standard InChI is InChI=1S/C11H15F6NO/c1-2-3-4-5-7-9(10(12,13)14,11(15,16)17)6-8(19)18-7/h7H,2-6H2,1H3,(H,18,19). The van der Waals surface area contributed by atoms with Crippen molar-refractivity contribution in [3.8, 4) is 0 Å². The molecule has 112 valence electrons. The van der Waals surface area contributed by atoms with Crippen molar-refractivity contribution < 1.29 is 31.1 Å². The summed E-state index contributed by atoms with van der Waals surface area (Å²) in [5.74, 6) is -1.20. The second kappa shape index (κ2) is 5.20. The highest BCUT2D eigenvalue weighted by Crippen LogP contribution is 2.57. The van der Waals surface area contributed by atoms with Crippen molar-refractivity contribution in [3.05, 3.63) is 0 Å². The lowest BCUT2D eigenvalue weighted by Crippen LogP contribution is -2.56. The van der Waals surface area contributed by atoms with Crippen molar-refractivity contribution in [1.82, 2.24) is 5.32 Å². The van der Waals surface area contributed by atoms with E-state index in [0.717, 1.165) is 0 Å². The molecule has 2 nitrogen and oxygen atoms in total. The highest BCUT2D eigenvalue weighted by atomic mass is 19.4. The van der Waals surface area contributed by atoms with Gasteiger partial charge >= 0.3 is 12.4 Å². The summed E-state index contributed by atoms with van der Waals surface area (Å²) in [5.41, 5.74) is -3.95. The monoisotopic (exact) mass is 291 g/mol. The smallest absolute Gasteiger partial charge is 0.352 e. The summed E-state index contributed by atoms with van der Waals surface area (Å²) >= 11 is 0. The fraction of sp³-hybridized carbons (Fsp3) is 0.909. The molecule has 1 N–H and O–H groups in total. The van der Waals surface area contributed by atoms with Gasteiger partial charge in [0.15, 0.2) is 5.41 Å². The molecule has 0 radical (unpaired) electrons. The molecule has 0 aromatic carbocycles. The molecule has 19 heavy (non-hydrogen) atoms. The number of hydrogen-bond donors (Lipinski definition) is 1. The first-order valence-electron chi connectivity index (χ1n) is 5.99.